The normalized spacial score (nSPS) is 22.3. The highest BCUT2D eigenvalue weighted by atomic mass is 35.5. The number of morpholine rings is 1. The van der Waals surface area contributed by atoms with Gasteiger partial charge in [0.05, 0.1) is 54.1 Å². The Morgan fingerprint density at radius 3 is 2.55 bits per heavy atom. The van der Waals surface area contributed by atoms with Crippen LogP contribution in [-0.4, -0.2) is 78.9 Å². The molecule has 2 aromatic carbocycles. The zero-order valence-corrected chi connectivity index (χ0v) is 27.7. The van der Waals surface area contributed by atoms with E-state index in [-0.39, 0.29) is 29.2 Å². The maximum atomic E-state index is 14.3. The zero-order chi connectivity index (χ0) is 33.1. The van der Waals surface area contributed by atoms with Gasteiger partial charge in [-0.3, -0.25) is 14.5 Å². The first-order chi connectivity index (χ1) is 22.7. The van der Waals surface area contributed by atoms with Crippen LogP contribution in [0.5, 0.6) is 5.75 Å². The van der Waals surface area contributed by atoms with Crippen LogP contribution >= 0.6 is 11.6 Å². The number of methoxy groups -OCH3 is 1. The van der Waals surface area contributed by atoms with Crippen LogP contribution in [0.25, 0.3) is 0 Å². The highest BCUT2D eigenvalue weighted by molar-refractivity contribution is 6.30. The standard InChI is InChI=1S/C34H41ClFN7O4/c1-5-34(44)40-27-15-28(31(45-4)16-30(27)41-11-8-24(9-12-41)42-18-21(2)47-22(3)19-42)39-32-17-33(38-20-37-32)43-29(10-13-46-43)23-6-7-25(35)26(36)14-23/h5-7,14-17,20-22,24,29H,1,8-13,18-19H2,2-4H3,(H,40,44)(H,37,38,39)/t21-,22+,29-/m1/s1. The van der Waals surface area contributed by atoms with Crippen molar-refractivity contribution in [3.63, 3.8) is 0 Å². The average Bonchev–Trinajstić information content (AvgIpc) is 3.56. The second kappa shape index (κ2) is 14.4. The van der Waals surface area contributed by atoms with Crippen LogP contribution in [0.15, 0.2) is 55.4 Å². The van der Waals surface area contributed by atoms with Crippen LogP contribution in [0, 0.1) is 5.82 Å². The number of hydrogen-bond acceptors (Lipinski definition) is 10. The predicted octanol–water partition coefficient (Wildman–Crippen LogP) is 6.11. The summed E-state index contributed by atoms with van der Waals surface area (Å²) in [6.07, 6.45) is 5.79. The molecule has 4 heterocycles. The third kappa shape index (κ3) is 7.46. The number of hydroxylamine groups is 1. The van der Waals surface area contributed by atoms with E-state index in [1.54, 1.807) is 30.4 Å². The van der Waals surface area contributed by atoms with E-state index in [0.717, 1.165) is 50.3 Å². The Kier molecular flexibility index (Phi) is 10.1. The quantitative estimate of drug-likeness (QED) is 0.260. The molecule has 3 aliphatic rings. The minimum atomic E-state index is -0.485. The Balaban J connectivity index is 1.22. The second-order valence-corrected chi connectivity index (χ2v) is 12.6. The summed E-state index contributed by atoms with van der Waals surface area (Å²) >= 11 is 5.91. The second-order valence-electron chi connectivity index (χ2n) is 12.2. The van der Waals surface area contributed by atoms with E-state index in [2.05, 4.69) is 50.8 Å². The van der Waals surface area contributed by atoms with Gasteiger partial charge >= 0.3 is 0 Å². The van der Waals surface area contributed by atoms with Crippen molar-refractivity contribution in [1.82, 2.24) is 14.9 Å². The average molecular weight is 666 g/mol. The minimum absolute atomic E-state index is 0.0677. The molecule has 250 valence electrons. The fourth-order valence-corrected chi connectivity index (χ4v) is 6.88. The van der Waals surface area contributed by atoms with Gasteiger partial charge in [-0.2, -0.15) is 0 Å². The zero-order valence-electron chi connectivity index (χ0n) is 26.9. The summed E-state index contributed by atoms with van der Waals surface area (Å²) in [6.45, 7) is 11.9. The first kappa shape index (κ1) is 33.0. The Bertz CT molecular complexity index is 1590. The van der Waals surface area contributed by atoms with Gasteiger partial charge in [-0.1, -0.05) is 24.2 Å². The van der Waals surface area contributed by atoms with Crippen molar-refractivity contribution in [2.75, 3.05) is 60.5 Å². The summed E-state index contributed by atoms with van der Waals surface area (Å²) in [5.74, 6) is 0.772. The molecule has 2 N–H and O–H groups in total. The van der Waals surface area contributed by atoms with E-state index in [0.29, 0.717) is 47.8 Å². The fourth-order valence-electron chi connectivity index (χ4n) is 6.76. The Hall–Kier alpha value is -3.97. The third-order valence-electron chi connectivity index (χ3n) is 8.90. The molecule has 3 fully saturated rings. The van der Waals surface area contributed by atoms with Crippen molar-refractivity contribution in [3.8, 4) is 5.75 Å². The lowest BCUT2D eigenvalue weighted by Gasteiger charge is -2.44. The first-order valence-corrected chi connectivity index (χ1v) is 16.4. The van der Waals surface area contributed by atoms with Crippen LogP contribution in [0.1, 0.15) is 44.7 Å². The summed E-state index contributed by atoms with van der Waals surface area (Å²) in [5.41, 5.74) is 2.84. The van der Waals surface area contributed by atoms with E-state index in [9.17, 15) is 9.18 Å². The van der Waals surface area contributed by atoms with Crippen LogP contribution in [-0.2, 0) is 14.4 Å². The minimum Gasteiger partial charge on any atom is -0.494 e. The van der Waals surface area contributed by atoms with Crippen molar-refractivity contribution in [2.24, 2.45) is 0 Å². The van der Waals surface area contributed by atoms with Crippen molar-refractivity contribution in [3.05, 3.63) is 71.8 Å². The first-order valence-electron chi connectivity index (χ1n) is 16.0. The van der Waals surface area contributed by atoms with E-state index in [1.165, 1.54) is 18.5 Å². The van der Waals surface area contributed by atoms with Gasteiger partial charge in [-0.15, -0.1) is 0 Å². The van der Waals surface area contributed by atoms with E-state index < -0.39 is 5.82 Å². The fraction of sp³-hybridized carbons (Fsp3) is 0.441. The maximum Gasteiger partial charge on any atom is 0.247 e. The molecule has 0 saturated carbocycles. The van der Waals surface area contributed by atoms with Crippen LogP contribution in [0.3, 0.4) is 0 Å². The topological polar surface area (TPSA) is 104 Å². The summed E-state index contributed by atoms with van der Waals surface area (Å²) in [4.78, 5) is 32.2. The number of halogens is 2. The number of aromatic nitrogens is 2. The number of nitrogens with zero attached hydrogens (tertiary/aromatic N) is 5. The number of nitrogens with one attached hydrogen (secondary N) is 2. The molecule has 0 bridgehead atoms. The molecule has 0 radical (unpaired) electrons. The number of ether oxygens (including phenoxy) is 2. The molecule has 1 amide bonds. The molecule has 0 spiro atoms. The van der Waals surface area contributed by atoms with Crippen LogP contribution in [0.2, 0.25) is 5.02 Å². The summed E-state index contributed by atoms with van der Waals surface area (Å²) in [7, 11) is 1.61. The van der Waals surface area contributed by atoms with Gasteiger partial charge in [0.25, 0.3) is 0 Å². The van der Waals surface area contributed by atoms with Crippen molar-refractivity contribution < 1.29 is 23.5 Å². The van der Waals surface area contributed by atoms with Gasteiger partial charge < -0.3 is 25.0 Å². The molecule has 47 heavy (non-hydrogen) atoms. The Morgan fingerprint density at radius 2 is 1.85 bits per heavy atom. The van der Waals surface area contributed by atoms with Gasteiger partial charge in [-0.25, -0.2) is 19.4 Å². The molecular formula is C34H41ClFN7O4. The molecule has 0 aliphatic carbocycles. The van der Waals surface area contributed by atoms with Gasteiger partial charge in [0.1, 0.15) is 23.7 Å². The number of carbonyl (C=O) groups excluding carboxylic acids is 1. The number of piperidine rings is 1. The monoisotopic (exact) mass is 665 g/mol. The SMILES string of the molecule is C=CC(=O)Nc1cc(Nc2cc(N3OCC[C@@H]3c3ccc(Cl)c(F)c3)ncn2)c(OC)cc1N1CCC(N2C[C@@H](C)O[C@@H](C)C2)CC1. The predicted molar refractivity (Wildman–Crippen MR) is 181 cm³/mol. The molecule has 11 nitrogen and oxygen atoms in total. The number of rotatable bonds is 9. The van der Waals surface area contributed by atoms with Crippen molar-refractivity contribution >= 4 is 46.2 Å². The van der Waals surface area contributed by atoms with E-state index in [1.807, 2.05) is 12.1 Å². The summed E-state index contributed by atoms with van der Waals surface area (Å²) in [5, 5.41) is 8.04. The van der Waals surface area contributed by atoms with Gasteiger partial charge in [0, 0.05) is 50.8 Å². The summed E-state index contributed by atoms with van der Waals surface area (Å²) in [6, 6.07) is 10.5. The number of hydrogen-bond donors (Lipinski definition) is 2. The third-order valence-corrected chi connectivity index (χ3v) is 9.21. The lowest BCUT2D eigenvalue weighted by atomic mass is 10.00. The molecule has 13 heteroatoms. The molecule has 3 atom stereocenters. The number of amides is 1. The van der Waals surface area contributed by atoms with E-state index in [4.69, 9.17) is 25.9 Å². The molecule has 3 aliphatic heterocycles. The number of benzene rings is 2. The van der Waals surface area contributed by atoms with E-state index >= 15 is 0 Å². The molecular weight excluding hydrogens is 625 g/mol. The lowest BCUT2D eigenvalue weighted by molar-refractivity contribution is -0.111. The highest BCUT2D eigenvalue weighted by Gasteiger charge is 2.32. The highest BCUT2D eigenvalue weighted by Crippen LogP contribution is 2.41. The molecule has 3 saturated heterocycles. The van der Waals surface area contributed by atoms with Crippen molar-refractivity contribution in [1.29, 1.82) is 0 Å². The Morgan fingerprint density at radius 1 is 1.09 bits per heavy atom. The Labute approximate surface area is 279 Å². The lowest BCUT2D eigenvalue weighted by Crippen LogP contribution is -2.53. The van der Waals surface area contributed by atoms with Gasteiger partial charge in [0.15, 0.2) is 5.82 Å². The molecule has 1 aromatic heterocycles. The summed E-state index contributed by atoms with van der Waals surface area (Å²) < 4.78 is 26.0. The van der Waals surface area contributed by atoms with Crippen molar-refractivity contribution in [2.45, 2.75) is 57.4 Å². The molecule has 0 unspecified atom stereocenters. The largest absolute Gasteiger partial charge is 0.494 e. The smallest absolute Gasteiger partial charge is 0.247 e. The number of anilines is 5. The van der Waals surface area contributed by atoms with Crippen LogP contribution in [0.4, 0.5) is 33.1 Å². The number of carbonyl (C=O) groups is 1. The molecule has 6 rings (SSSR count). The van der Waals surface area contributed by atoms with Gasteiger partial charge in [0.2, 0.25) is 5.91 Å². The van der Waals surface area contributed by atoms with Crippen LogP contribution < -0.4 is 25.3 Å². The molecule has 3 aromatic rings. The van der Waals surface area contributed by atoms with Gasteiger partial charge in [-0.05, 0) is 56.5 Å². The maximum absolute atomic E-state index is 14.3.